The van der Waals surface area contributed by atoms with Crippen LogP contribution < -0.4 is 5.32 Å². The van der Waals surface area contributed by atoms with Gasteiger partial charge in [0.2, 0.25) is 0 Å². The van der Waals surface area contributed by atoms with Crippen molar-refractivity contribution in [2.24, 2.45) is 0 Å². The summed E-state index contributed by atoms with van der Waals surface area (Å²) in [7, 11) is 0. The van der Waals surface area contributed by atoms with E-state index in [1.807, 2.05) is 24.3 Å². The molecule has 1 N–H and O–H groups in total. The number of hydrogen-bond acceptors (Lipinski definition) is 4. The molecular weight excluding hydrogens is 341 g/mol. The minimum absolute atomic E-state index is 0.0446. The maximum absolute atomic E-state index is 15.2. The third kappa shape index (κ3) is 2.31. The summed E-state index contributed by atoms with van der Waals surface area (Å²) in [5, 5.41) is 3.50. The van der Waals surface area contributed by atoms with Gasteiger partial charge in [-0.3, -0.25) is 9.97 Å². The van der Waals surface area contributed by atoms with E-state index in [-0.39, 0.29) is 22.9 Å². The molecule has 1 aromatic carbocycles. The first-order valence-electron chi connectivity index (χ1n) is 9.34. The summed E-state index contributed by atoms with van der Waals surface area (Å²) < 4.78 is 21.3. The van der Waals surface area contributed by atoms with Crippen LogP contribution in [0.2, 0.25) is 0 Å². The Morgan fingerprint density at radius 3 is 2.81 bits per heavy atom. The average molecular weight is 363 g/mol. The monoisotopic (exact) mass is 363 g/mol. The zero-order valence-corrected chi connectivity index (χ0v) is 15.7. The number of nitrogens with one attached hydrogen (secondary N) is 1. The molecule has 2 aromatic heterocycles. The third-order valence-corrected chi connectivity index (χ3v) is 6.11. The van der Waals surface area contributed by atoms with Crippen LogP contribution in [0.15, 0.2) is 42.7 Å². The number of hydrogen-bond donors (Lipinski definition) is 1. The zero-order valence-electron chi connectivity index (χ0n) is 15.7. The number of benzene rings is 1. The van der Waals surface area contributed by atoms with Gasteiger partial charge in [0.05, 0.1) is 22.7 Å². The Balaban J connectivity index is 1.76. The first-order chi connectivity index (χ1) is 12.9. The van der Waals surface area contributed by atoms with E-state index in [1.54, 1.807) is 18.5 Å². The molecule has 2 unspecified atom stereocenters. The summed E-state index contributed by atoms with van der Waals surface area (Å²) in [6.07, 6.45) is 4.40. The Hall–Kier alpha value is -2.53. The van der Waals surface area contributed by atoms with Crippen molar-refractivity contribution in [3.8, 4) is 11.1 Å². The number of anilines is 1. The van der Waals surface area contributed by atoms with Gasteiger partial charge < -0.3 is 10.1 Å². The molecule has 4 heterocycles. The molecule has 4 nitrogen and oxygen atoms in total. The van der Waals surface area contributed by atoms with Crippen LogP contribution in [-0.4, -0.2) is 28.2 Å². The van der Waals surface area contributed by atoms with Crippen LogP contribution in [-0.2, 0) is 10.2 Å². The van der Waals surface area contributed by atoms with Gasteiger partial charge in [-0.05, 0) is 56.2 Å². The molecule has 0 bridgehead atoms. The van der Waals surface area contributed by atoms with E-state index in [4.69, 9.17) is 4.74 Å². The third-order valence-electron chi connectivity index (χ3n) is 6.11. The molecule has 0 amide bonds. The SMILES string of the molecule is CC1(C)Nc2cc(F)c(-c3ccnc4cccnc34)cc2C2(C)CCOC12. The van der Waals surface area contributed by atoms with Crippen LogP contribution in [0.1, 0.15) is 32.8 Å². The standard InChI is InChI=1S/C22H22FN3O/c1-21(2)20-22(3,7-10-27-20)15-11-14(16(23)12-18(15)26-21)13-6-9-24-17-5-4-8-25-19(13)17/h4-6,8-9,11-12,20,26H,7,10H2,1-3H3. The molecule has 5 rings (SSSR count). The van der Waals surface area contributed by atoms with Gasteiger partial charge in [0.15, 0.2) is 0 Å². The second-order valence-corrected chi connectivity index (χ2v) is 8.37. The maximum atomic E-state index is 15.2. The Morgan fingerprint density at radius 1 is 1.11 bits per heavy atom. The highest BCUT2D eigenvalue weighted by molar-refractivity contribution is 5.91. The molecule has 5 heteroatoms. The number of rotatable bonds is 1. The molecule has 0 spiro atoms. The first kappa shape index (κ1) is 16.6. The fraction of sp³-hybridized carbons (Fsp3) is 0.364. The molecule has 27 heavy (non-hydrogen) atoms. The molecule has 138 valence electrons. The molecule has 3 aromatic rings. The van der Waals surface area contributed by atoms with Crippen LogP contribution in [0.3, 0.4) is 0 Å². The molecule has 2 aliphatic rings. The molecular formula is C22H22FN3O. The van der Waals surface area contributed by atoms with Crippen LogP contribution >= 0.6 is 0 Å². The van der Waals surface area contributed by atoms with Crippen molar-refractivity contribution in [1.82, 2.24) is 9.97 Å². The van der Waals surface area contributed by atoms with Crippen molar-refractivity contribution in [2.75, 3.05) is 11.9 Å². The summed E-state index contributed by atoms with van der Waals surface area (Å²) >= 11 is 0. The van der Waals surface area contributed by atoms with Gasteiger partial charge in [-0.2, -0.15) is 0 Å². The van der Waals surface area contributed by atoms with Gasteiger partial charge in [-0.25, -0.2) is 4.39 Å². The number of ether oxygens (including phenoxy) is 1. The molecule has 0 saturated carbocycles. The van der Waals surface area contributed by atoms with Gasteiger partial charge in [0.1, 0.15) is 5.82 Å². The highest BCUT2D eigenvalue weighted by Crippen LogP contribution is 2.51. The molecule has 0 radical (unpaired) electrons. The molecule has 1 saturated heterocycles. The summed E-state index contributed by atoms with van der Waals surface area (Å²) in [6.45, 7) is 7.20. The van der Waals surface area contributed by atoms with Crippen molar-refractivity contribution in [1.29, 1.82) is 0 Å². The fourth-order valence-corrected chi connectivity index (χ4v) is 4.95. The van der Waals surface area contributed by atoms with E-state index in [9.17, 15) is 0 Å². The van der Waals surface area contributed by atoms with E-state index in [2.05, 4.69) is 36.1 Å². The van der Waals surface area contributed by atoms with E-state index in [0.717, 1.165) is 35.4 Å². The van der Waals surface area contributed by atoms with E-state index in [0.29, 0.717) is 11.1 Å². The van der Waals surface area contributed by atoms with Gasteiger partial charge >= 0.3 is 0 Å². The summed E-state index contributed by atoms with van der Waals surface area (Å²) in [5.74, 6) is -0.254. The number of pyridine rings is 2. The quantitative estimate of drug-likeness (QED) is 0.681. The molecule has 0 aliphatic carbocycles. The van der Waals surface area contributed by atoms with E-state index < -0.39 is 0 Å². The van der Waals surface area contributed by atoms with Gasteiger partial charge in [-0.1, -0.05) is 6.92 Å². The van der Waals surface area contributed by atoms with Crippen molar-refractivity contribution in [3.63, 3.8) is 0 Å². The number of nitrogens with zero attached hydrogens (tertiary/aromatic N) is 2. The molecule has 1 fully saturated rings. The van der Waals surface area contributed by atoms with E-state index >= 15 is 4.39 Å². The van der Waals surface area contributed by atoms with Crippen LogP contribution in [0.25, 0.3) is 22.2 Å². The Bertz CT molecular complexity index is 1060. The van der Waals surface area contributed by atoms with Crippen LogP contribution in [0.5, 0.6) is 0 Å². The minimum Gasteiger partial charge on any atom is -0.377 e. The minimum atomic E-state index is -0.254. The normalized spacial score (nSPS) is 25.7. The number of halogens is 1. The lowest BCUT2D eigenvalue weighted by atomic mass is 9.66. The Morgan fingerprint density at radius 2 is 1.96 bits per heavy atom. The van der Waals surface area contributed by atoms with Crippen molar-refractivity contribution < 1.29 is 9.13 Å². The first-order valence-corrected chi connectivity index (χ1v) is 9.34. The Kier molecular flexibility index (Phi) is 3.38. The lowest BCUT2D eigenvalue weighted by Gasteiger charge is -2.48. The molecule has 2 aliphatic heterocycles. The topological polar surface area (TPSA) is 47.0 Å². The molecule has 2 atom stereocenters. The second-order valence-electron chi connectivity index (χ2n) is 8.37. The summed E-state index contributed by atoms with van der Waals surface area (Å²) in [4.78, 5) is 8.80. The predicted molar refractivity (Wildman–Crippen MR) is 104 cm³/mol. The second kappa shape index (κ2) is 5.49. The van der Waals surface area contributed by atoms with E-state index in [1.165, 1.54) is 0 Å². The zero-order chi connectivity index (χ0) is 18.8. The summed E-state index contributed by atoms with van der Waals surface area (Å²) in [6, 6.07) is 9.19. The van der Waals surface area contributed by atoms with Crippen molar-refractivity contribution >= 4 is 16.7 Å². The van der Waals surface area contributed by atoms with Crippen molar-refractivity contribution in [3.05, 3.63) is 54.1 Å². The lowest BCUT2D eigenvalue weighted by Crippen LogP contribution is -2.56. The highest BCUT2D eigenvalue weighted by Gasteiger charge is 2.53. The smallest absolute Gasteiger partial charge is 0.133 e. The maximum Gasteiger partial charge on any atom is 0.133 e. The predicted octanol–water partition coefficient (Wildman–Crippen LogP) is 4.69. The van der Waals surface area contributed by atoms with Crippen molar-refractivity contribution in [2.45, 2.75) is 44.2 Å². The lowest BCUT2D eigenvalue weighted by molar-refractivity contribution is 0.0352. The fourth-order valence-electron chi connectivity index (χ4n) is 4.95. The number of fused-ring (bicyclic) bond motifs is 4. The largest absolute Gasteiger partial charge is 0.377 e. The van der Waals surface area contributed by atoms with Crippen LogP contribution in [0.4, 0.5) is 10.1 Å². The van der Waals surface area contributed by atoms with Gasteiger partial charge in [-0.15, -0.1) is 0 Å². The van der Waals surface area contributed by atoms with Crippen LogP contribution in [0, 0.1) is 5.82 Å². The number of aromatic nitrogens is 2. The summed E-state index contributed by atoms with van der Waals surface area (Å²) in [5.41, 5.74) is 4.38. The van der Waals surface area contributed by atoms with Gasteiger partial charge in [0.25, 0.3) is 0 Å². The average Bonchev–Trinajstić information content (AvgIpc) is 3.05. The highest BCUT2D eigenvalue weighted by atomic mass is 19.1. The Labute approximate surface area is 157 Å². The van der Waals surface area contributed by atoms with Gasteiger partial charge in [0, 0.05) is 41.2 Å².